The molecule has 1 aliphatic rings. The van der Waals surface area contributed by atoms with E-state index in [1.54, 1.807) is 26.8 Å². The fourth-order valence-electron chi connectivity index (χ4n) is 5.57. The molecule has 1 fully saturated rings. The summed E-state index contributed by atoms with van der Waals surface area (Å²) < 4.78 is 20.7. The van der Waals surface area contributed by atoms with Gasteiger partial charge in [-0.1, -0.05) is 36.9 Å². The zero-order valence-corrected chi connectivity index (χ0v) is 24.1. The van der Waals surface area contributed by atoms with E-state index in [-0.39, 0.29) is 18.3 Å². The highest BCUT2D eigenvalue weighted by Gasteiger charge is 2.22. The third-order valence-electron chi connectivity index (χ3n) is 7.95. The number of allylic oxidation sites excluding steroid dienone is 1. The average molecular weight is 554 g/mol. The van der Waals surface area contributed by atoms with Gasteiger partial charge in [-0.25, -0.2) is 14.2 Å². The third kappa shape index (κ3) is 6.00. The standard InChI is InChI=1S/C34H36FN3O3/c1-6-28(39)16-25-15-26(18-30(35)21(25)4)31-29-17-27(34(40)41-20(2)3)19-36-33(29)37-32(31)24-9-7-22(8-10-24)23-11-13-38(5)14-12-23/h6-10,15,17-20,23H,1,11-14,16H2,2-5H3,(H,36,37). The second-order valence-electron chi connectivity index (χ2n) is 11.2. The molecule has 0 amide bonds. The van der Waals surface area contributed by atoms with E-state index in [2.05, 4.69) is 52.8 Å². The number of ether oxygens (including phenoxy) is 1. The third-order valence-corrected chi connectivity index (χ3v) is 7.95. The Morgan fingerprint density at radius 2 is 1.85 bits per heavy atom. The Balaban J connectivity index is 1.65. The fraction of sp³-hybridized carbons (Fsp3) is 0.324. The molecule has 1 aliphatic heterocycles. The summed E-state index contributed by atoms with van der Waals surface area (Å²) in [4.78, 5) is 35.3. The van der Waals surface area contributed by atoms with Gasteiger partial charge in [-0.2, -0.15) is 0 Å². The van der Waals surface area contributed by atoms with Crippen LogP contribution < -0.4 is 0 Å². The molecule has 212 valence electrons. The predicted octanol–water partition coefficient (Wildman–Crippen LogP) is 7.02. The minimum absolute atomic E-state index is 0.0489. The number of halogens is 1. The number of esters is 1. The average Bonchev–Trinajstić information content (AvgIpc) is 3.34. The highest BCUT2D eigenvalue weighted by Crippen LogP contribution is 2.40. The summed E-state index contributed by atoms with van der Waals surface area (Å²) in [5.74, 6) is -0.544. The van der Waals surface area contributed by atoms with Gasteiger partial charge in [0.05, 0.1) is 17.4 Å². The molecule has 2 aromatic carbocycles. The van der Waals surface area contributed by atoms with Crippen LogP contribution in [0, 0.1) is 12.7 Å². The Labute approximate surface area is 240 Å². The molecular formula is C34H36FN3O3. The number of carbonyl (C=O) groups is 2. The molecule has 0 saturated carbocycles. The summed E-state index contributed by atoms with van der Waals surface area (Å²) in [6.45, 7) is 11.0. The lowest BCUT2D eigenvalue weighted by Gasteiger charge is -2.29. The van der Waals surface area contributed by atoms with E-state index >= 15 is 4.39 Å². The number of ketones is 1. The molecule has 0 atom stereocenters. The van der Waals surface area contributed by atoms with Crippen LogP contribution in [0.3, 0.4) is 0 Å². The molecule has 0 aliphatic carbocycles. The Morgan fingerprint density at radius 3 is 2.51 bits per heavy atom. The number of fused-ring (bicyclic) bond motifs is 1. The second kappa shape index (κ2) is 11.8. The van der Waals surface area contributed by atoms with Gasteiger partial charge in [0.15, 0.2) is 5.78 Å². The van der Waals surface area contributed by atoms with Crippen LogP contribution in [0.5, 0.6) is 0 Å². The first-order valence-electron chi connectivity index (χ1n) is 14.1. The van der Waals surface area contributed by atoms with Crippen molar-refractivity contribution in [2.75, 3.05) is 20.1 Å². The molecule has 1 N–H and O–H groups in total. The van der Waals surface area contributed by atoms with Crippen LogP contribution in [0.2, 0.25) is 0 Å². The van der Waals surface area contributed by atoms with Gasteiger partial charge >= 0.3 is 5.97 Å². The number of likely N-dealkylation sites (tertiary alicyclic amines) is 1. The number of pyridine rings is 1. The normalized spacial score (nSPS) is 14.5. The van der Waals surface area contributed by atoms with Crippen LogP contribution in [0.15, 0.2) is 61.3 Å². The van der Waals surface area contributed by atoms with E-state index in [1.807, 2.05) is 6.07 Å². The highest BCUT2D eigenvalue weighted by molar-refractivity contribution is 6.05. The van der Waals surface area contributed by atoms with E-state index < -0.39 is 11.8 Å². The van der Waals surface area contributed by atoms with Gasteiger partial charge in [-0.05, 0) is 106 Å². The predicted molar refractivity (Wildman–Crippen MR) is 161 cm³/mol. The quantitative estimate of drug-likeness (QED) is 0.188. The molecule has 0 spiro atoms. The number of hydrogen-bond acceptors (Lipinski definition) is 5. The number of nitrogens with one attached hydrogen (secondary N) is 1. The number of nitrogens with zero attached hydrogens (tertiary/aromatic N) is 2. The van der Waals surface area contributed by atoms with Crippen LogP contribution in [0.25, 0.3) is 33.4 Å². The maximum absolute atomic E-state index is 15.3. The molecule has 4 aromatic rings. The molecule has 6 nitrogen and oxygen atoms in total. The maximum atomic E-state index is 15.3. The van der Waals surface area contributed by atoms with Gasteiger partial charge in [0.1, 0.15) is 11.5 Å². The summed E-state index contributed by atoms with van der Waals surface area (Å²) in [6, 6.07) is 13.6. The topological polar surface area (TPSA) is 75.3 Å². The summed E-state index contributed by atoms with van der Waals surface area (Å²) in [5, 5.41) is 0.668. The Bertz CT molecular complexity index is 1610. The number of rotatable bonds is 8. The number of carbonyl (C=O) groups excluding carboxylic acids is 2. The second-order valence-corrected chi connectivity index (χ2v) is 11.2. The SMILES string of the molecule is C=CC(=O)Cc1cc(-c2c(-c3ccc(C4CCN(C)CC4)cc3)[nH]c3ncc(C(=O)OC(C)C)cc23)cc(F)c1C. The fourth-order valence-corrected chi connectivity index (χ4v) is 5.57. The molecule has 2 aromatic heterocycles. The number of H-pyrrole nitrogens is 1. The molecule has 7 heteroatoms. The van der Waals surface area contributed by atoms with Crippen molar-refractivity contribution >= 4 is 22.8 Å². The van der Waals surface area contributed by atoms with Gasteiger partial charge in [-0.15, -0.1) is 0 Å². The first-order valence-corrected chi connectivity index (χ1v) is 14.1. The van der Waals surface area contributed by atoms with E-state index in [9.17, 15) is 9.59 Å². The molecule has 3 heterocycles. The Kier molecular flexibility index (Phi) is 8.18. The first-order chi connectivity index (χ1) is 19.6. The summed E-state index contributed by atoms with van der Waals surface area (Å²) in [6.07, 6.45) is 4.77. The summed E-state index contributed by atoms with van der Waals surface area (Å²) in [5.41, 5.74) is 6.19. The number of aromatic nitrogens is 2. The smallest absolute Gasteiger partial charge is 0.339 e. The van der Waals surface area contributed by atoms with Crippen molar-refractivity contribution in [1.82, 2.24) is 14.9 Å². The zero-order chi connectivity index (χ0) is 29.3. The molecular weight excluding hydrogens is 517 g/mol. The molecule has 0 unspecified atom stereocenters. The van der Waals surface area contributed by atoms with Crippen LogP contribution in [-0.2, 0) is 16.0 Å². The van der Waals surface area contributed by atoms with Crippen molar-refractivity contribution in [2.24, 2.45) is 0 Å². The minimum Gasteiger partial charge on any atom is -0.459 e. The lowest BCUT2D eigenvalue weighted by molar-refractivity contribution is -0.114. The van der Waals surface area contributed by atoms with Gasteiger partial charge in [0.2, 0.25) is 0 Å². The van der Waals surface area contributed by atoms with Crippen LogP contribution in [0.4, 0.5) is 4.39 Å². The van der Waals surface area contributed by atoms with Crippen molar-refractivity contribution in [2.45, 2.75) is 52.1 Å². The van der Waals surface area contributed by atoms with E-state index in [1.165, 1.54) is 23.9 Å². The molecule has 0 bridgehead atoms. The molecule has 41 heavy (non-hydrogen) atoms. The first kappa shape index (κ1) is 28.4. The van der Waals surface area contributed by atoms with Crippen molar-refractivity contribution < 1.29 is 18.7 Å². The monoisotopic (exact) mass is 553 g/mol. The Hall–Kier alpha value is -4.10. The van der Waals surface area contributed by atoms with Gasteiger partial charge < -0.3 is 14.6 Å². The number of piperidine rings is 1. The zero-order valence-electron chi connectivity index (χ0n) is 24.1. The number of hydrogen-bond donors (Lipinski definition) is 1. The summed E-state index contributed by atoms with van der Waals surface area (Å²) in [7, 11) is 2.16. The van der Waals surface area contributed by atoms with Crippen LogP contribution in [-0.4, -0.2) is 52.9 Å². The minimum atomic E-state index is -0.474. The Morgan fingerprint density at radius 1 is 1.15 bits per heavy atom. The number of benzene rings is 2. The highest BCUT2D eigenvalue weighted by atomic mass is 19.1. The lowest BCUT2D eigenvalue weighted by atomic mass is 9.88. The van der Waals surface area contributed by atoms with Crippen molar-refractivity contribution in [3.05, 3.63) is 89.4 Å². The van der Waals surface area contributed by atoms with E-state index in [4.69, 9.17) is 4.74 Å². The maximum Gasteiger partial charge on any atom is 0.339 e. The summed E-state index contributed by atoms with van der Waals surface area (Å²) >= 11 is 0. The van der Waals surface area contributed by atoms with E-state index in [0.29, 0.717) is 44.8 Å². The lowest BCUT2D eigenvalue weighted by Crippen LogP contribution is -2.29. The van der Waals surface area contributed by atoms with Gasteiger partial charge in [0.25, 0.3) is 0 Å². The van der Waals surface area contributed by atoms with Crippen LogP contribution >= 0.6 is 0 Å². The van der Waals surface area contributed by atoms with Crippen molar-refractivity contribution in [3.63, 3.8) is 0 Å². The largest absolute Gasteiger partial charge is 0.459 e. The molecule has 0 radical (unpaired) electrons. The van der Waals surface area contributed by atoms with Crippen molar-refractivity contribution in [3.8, 4) is 22.4 Å². The van der Waals surface area contributed by atoms with Gasteiger partial charge in [-0.3, -0.25) is 4.79 Å². The number of aromatic amines is 1. The van der Waals surface area contributed by atoms with E-state index in [0.717, 1.165) is 37.2 Å². The van der Waals surface area contributed by atoms with Crippen LogP contribution in [0.1, 0.15) is 59.7 Å². The van der Waals surface area contributed by atoms with Crippen molar-refractivity contribution in [1.29, 1.82) is 0 Å². The molecule has 5 rings (SSSR count). The molecule has 1 saturated heterocycles. The van der Waals surface area contributed by atoms with Gasteiger partial charge in [0, 0.05) is 23.6 Å².